The number of hydrogen-bond acceptors (Lipinski definition) is 4. The van der Waals surface area contributed by atoms with Crippen LogP contribution in [-0.4, -0.2) is 29.2 Å². The molecule has 1 N–H and O–H groups in total. The van der Waals surface area contributed by atoms with Crippen molar-refractivity contribution in [3.05, 3.63) is 16.5 Å². The van der Waals surface area contributed by atoms with Crippen LogP contribution in [0.3, 0.4) is 0 Å². The third kappa shape index (κ3) is 4.55. The smallest absolute Gasteiger partial charge is 0.137 e. The maximum Gasteiger partial charge on any atom is 0.137 e. The lowest BCUT2D eigenvalue weighted by molar-refractivity contribution is 0.0134. The molecule has 0 amide bonds. The summed E-state index contributed by atoms with van der Waals surface area (Å²) in [6.45, 7) is 9.97. The monoisotopic (exact) mass is 311 g/mol. The first-order chi connectivity index (χ1) is 9.88. The Labute approximate surface area is 132 Å². The van der Waals surface area contributed by atoms with Crippen LogP contribution >= 0.6 is 11.6 Å². The third-order valence-corrected chi connectivity index (χ3v) is 4.16. The van der Waals surface area contributed by atoms with E-state index in [-0.39, 0.29) is 5.41 Å². The van der Waals surface area contributed by atoms with E-state index in [1.807, 2.05) is 6.92 Å². The summed E-state index contributed by atoms with van der Waals surface area (Å²) in [6.07, 6.45) is 5.02. The highest BCUT2D eigenvalue weighted by atomic mass is 35.5. The van der Waals surface area contributed by atoms with Crippen LogP contribution in [0.15, 0.2) is 0 Å². The van der Waals surface area contributed by atoms with Crippen molar-refractivity contribution in [1.29, 1.82) is 0 Å². The summed E-state index contributed by atoms with van der Waals surface area (Å²) in [6, 6.07) is 0. The Morgan fingerprint density at radius 3 is 2.67 bits per heavy atom. The molecule has 1 unspecified atom stereocenters. The molecule has 0 bridgehead atoms. The van der Waals surface area contributed by atoms with Crippen LogP contribution in [-0.2, 0) is 10.2 Å². The number of nitrogens with zero attached hydrogens (tertiary/aromatic N) is 2. The van der Waals surface area contributed by atoms with Gasteiger partial charge in [0.2, 0.25) is 0 Å². The average molecular weight is 312 g/mol. The molecule has 1 fully saturated rings. The normalized spacial score (nSPS) is 19.6. The molecule has 2 heterocycles. The third-order valence-electron chi connectivity index (χ3n) is 3.79. The maximum atomic E-state index is 6.24. The Kier molecular flexibility index (Phi) is 5.44. The summed E-state index contributed by atoms with van der Waals surface area (Å²) < 4.78 is 5.75. The first kappa shape index (κ1) is 16.5. The van der Waals surface area contributed by atoms with Gasteiger partial charge in [-0.3, -0.25) is 0 Å². The molecule has 0 aromatic carbocycles. The molecule has 0 radical (unpaired) electrons. The molecule has 1 aliphatic heterocycles. The van der Waals surface area contributed by atoms with Crippen molar-refractivity contribution in [2.24, 2.45) is 0 Å². The van der Waals surface area contributed by atoms with Crippen molar-refractivity contribution < 1.29 is 4.74 Å². The zero-order valence-corrected chi connectivity index (χ0v) is 14.3. The van der Waals surface area contributed by atoms with Crippen molar-refractivity contribution >= 4 is 17.4 Å². The predicted molar refractivity (Wildman–Crippen MR) is 87.2 cm³/mol. The van der Waals surface area contributed by atoms with Crippen LogP contribution in [0.2, 0.25) is 5.15 Å². The van der Waals surface area contributed by atoms with Gasteiger partial charge in [0.1, 0.15) is 16.8 Å². The van der Waals surface area contributed by atoms with E-state index in [0.717, 1.165) is 36.8 Å². The van der Waals surface area contributed by atoms with Gasteiger partial charge in [0, 0.05) is 24.1 Å². The molecule has 1 aromatic heterocycles. The summed E-state index contributed by atoms with van der Waals surface area (Å²) >= 11 is 6.24. The molecule has 118 valence electrons. The highest BCUT2D eigenvalue weighted by molar-refractivity contribution is 6.30. The Morgan fingerprint density at radius 1 is 1.29 bits per heavy atom. The molecule has 21 heavy (non-hydrogen) atoms. The van der Waals surface area contributed by atoms with E-state index >= 15 is 0 Å². The van der Waals surface area contributed by atoms with E-state index in [9.17, 15) is 0 Å². The first-order valence-electron chi connectivity index (χ1n) is 7.78. The molecule has 4 nitrogen and oxygen atoms in total. The highest BCUT2D eigenvalue weighted by Gasteiger charge is 2.21. The minimum absolute atomic E-state index is 0.111. The first-order valence-corrected chi connectivity index (χ1v) is 8.16. The molecule has 5 heteroatoms. The molecule has 1 aromatic rings. The molecule has 0 spiro atoms. The molecule has 1 aliphatic rings. The molecule has 1 saturated heterocycles. The van der Waals surface area contributed by atoms with Gasteiger partial charge >= 0.3 is 0 Å². The Bertz CT molecular complexity index is 479. The van der Waals surface area contributed by atoms with Crippen LogP contribution in [0.5, 0.6) is 0 Å². The van der Waals surface area contributed by atoms with Crippen molar-refractivity contribution in [3.63, 3.8) is 0 Å². The number of anilines is 1. The summed E-state index contributed by atoms with van der Waals surface area (Å²) in [4.78, 5) is 9.03. The number of ether oxygens (including phenoxy) is 1. The number of rotatable bonds is 4. The van der Waals surface area contributed by atoms with E-state index in [4.69, 9.17) is 16.3 Å². The number of halogens is 1. The summed E-state index contributed by atoms with van der Waals surface area (Å²) in [5.74, 6) is 1.62. The van der Waals surface area contributed by atoms with Gasteiger partial charge in [-0.15, -0.1) is 0 Å². The minimum atomic E-state index is -0.111. The summed E-state index contributed by atoms with van der Waals surface area (Å²) in [5.41, 5.74) is 0.800. The topological polar surface area (TPSA) is 47.0 Å². The summed E-state index contributed by atoms with van der Waals surface area (Å²) in [7, 11) is 0. The average Bonchev–Trinajstić information content (AvgIpc) is 2.43. The van der Waals surface area contributed by atoms with Crippen LogP contribution in [0.1, 0.15) is 57.8 Å². The molecule has 2 rings (SSSR count). The standard InChI is InChI=1S/C16H26ClN3O/c1-11-13(17)19-15(16(2,3)4)20-14(11)18-9-8-12-7-5-6-10-21-12/h12H,5-10H2,1-4H3,(H,18,19,20). The quantitative estimate of drug-likeness (QED) is 0.850. The van der Waals surface area contributed by atoms with Gasteiger partial charge in [0.15, 0.2) is 0 Å². The second-order valence-corrected chi connectivity index (χ2v) is 7.12. The lowest BCUT2D eigenvalue weighted by Crippen LogP contribution is -2.23. The molecular formula is C16H26ClN3O. The highest BCUT2D eigenvalue weighted by Crippen LogP contribution is 2.26. The fourth-order valence-electron chi connectivity index (χ4n) is 2.38. The SMILES string of the molecule is Cc1c(Cl)nc(C(C)(C)C)nc1NCCC1CCCCO1. The minimum Gasteiger partial charge on any atom is -0.378 e. The van der Waals surface area contributed by atoms with Crippen LogP contribution in [0, 0.1) is 6.92 Å². The van der Waals surface area contributed by atoms with Gasteiger partial charge in [-0.25, -0.2) is 9.97 Å². The molecular weight excluding hydrogens is 286 g/mol. The second kappa shape index (κ2) is 6.93. The van der Waals surface area contributed by atoms with E-state index in [1.165, 1.54) is 19.3 Å². The molecule has 1 atom stereocenters. The Hall–Kier alpha value is -0.870. The fourth-order valence-corrected chi connectivity index (χ4v) is 2.55. The van der Waals surface area contributed by atoms with Crippen molar-refractivity contribution in [2.45, 2.75) is 64.9 Å². The Balaban J connectivity index is 2.00. The lowest BCUT2D eigenvalue weighted by atomic mass is 9.95. The van der Waals surface area contributed by atoms with Gasteiger partial charge < -0.3 is 10.1 Å². The van der Waals surface area contributed by atoms with Crippen LogP contribution in [0.25, 0.3) is 0 Å². The largest absolute Gasteiger partial charge is 0.378 e. The van der Waals surface area contributed by atoms with Gasteiger partial charge in [0.05, 0.1) is 6.10 Å². The second-order valence-electron chi connectivity index (χ2n) is 6.77. The zero-order valence-electron chi connectivity index (χ0n) is 13.5. The lowest BCUT2D eigenvalue weighted by Gasteiger charge is -2.23. The number of hydrogen-bond donors (Lipinski definition) is 1. The van der Waals surface area contributed by atoms with Gasteiger partial charge in [-0.1, -0.05) is 32.4 Å². The van der Waals surface area contributed by atoms with Crippen molar-refractivity contribution in [2.75, 3.05) is 18.5 Å². The molecule has 0 saturated carbocycles. The van der Waals surface area contributed by atoms with Gasteiger partial charge in [0.25, 0.3) is 0 Å². The van der Waals surface area contributed by atoms with Crippen molar-refractivity contribution in [1.82, 2.24) is 9.97 Å². The number of aromatic nitrogens is 2. The fraction of sp³-hybridized carbons (Fsp3) is 0.750. The maximum absolute atomic E-state index is 6.24. The van der Waals surface area contributed by atoms with E-state index in [0.29, 0.717) is 11.3 Å². The molecule has 0 aliphatic carbocycles. The summed E-state index contributed by atoms with van der Waals surface area (Å²) in [5, 5.41) is 3.93. The zero-order chi connectivity index (χ0) is 15.5. The Morgan fingerprint density at radius 2 is 2.05 bits per heavy atom. The van der Waals surface area contributed by atoms with Gasteiger partial charge in [-0.05, 0) is 32.6 Å². The van der Waals surface area contributed by atoms with Gasteiger partial charge in [-0.2, -0.15) is 0 Å². The van der Waals surface area contributed by atoms with E-state index in [2.05, 4.69) is 36.1 Å². The van der Waals surface area contributed by atoms with E-state index < -0.39 is 0 Å². The van der Waals surface area contributed by atoms with Crippen LogP contribution < -0.4 is 5.32 Å². The van der Waals surface area contributed by atoms with Crippen molar-refractivity contribution in [3.8, 4) is 0 Å². The predicted octanol–water partition coefficient (Wildman–Crippen LogP) is 4.11. The van der Waals surface area contributed by atoms with E-state index in [1.54, 1.807) is 0 Å². The number of nitrogens with one attached hydrogen (secondary N) is 1. The van der Waals surface area contributed by atoms with Crippen LogP contribution in [0.4, 0.5) is 5.82 Å².